The van der Waals surface area contributed by atoms with Crippen LogP contribution in [0.15, 0.2) is 34.9 Å². The summed E-state index contributed by atoms with van der Waals surface area (Å²) in [6, 6.07) is 0. The van der Waals surface area contributed by atoms with Crippen molar-refractivity contribution in [1.82, 2.24) is 0 Å². The second kappa shape index (κ2) is 4.94. The molecule has 3 heteroatoms. The highest BCUT2D eigenvalue weighted by Gasteiger charge is 2.61. The van der Waals surface area contributed by atoms with Crippen LogP contribution < -0.4 is 0 Å². The molecule has 0 spiro atoms. The molecule has 3 nitrogen and oxygen atoms in total. The van der Waals surface area contributed by atoms with Gasteiger partial charge < -0.3 is 4.74 Å². The van der Waals surface area contributed by atoms with E-state index in [1.807, 2.05) is 32.9 Å². The number of allylic oxidation sites excluding steroid dienone is 5. The summed E-state index contributed by atoms with van der Waals surface area (Å²) in [5.74, 6) is 0.312. The number of ether oxygens (including phenoxy) is 1. The molecule has 22 heavy (non-hydrogen) atoms. The smallest absolute Gasteiger partial charge is 0.310 e. The summed E-state index contributed by atoms with van der Waals surface area (Å²) in [7, 11) is 0. The van der Waals surface area contributed by atoms with Crippen LogP contribution in [-0.2, 0) is 14.3 Å². The highest BCUT2D eigenvalue weighted by Crippen LogP contribution is 2.60. The quantitative estimate of drug-likeness (QED) is 0.588. The minimum atomic E-state index is -0.360. The Morgan fingerprint density at radius 3 is 2.50 bits per heavy atom. The molecule has 3 unspecified atom stereocenters. The Kier molecular flexibility index (Phi) is 3.42. The van der Waals surface area contributed by atoms with E-state index in [1.54, 1.807) is 0 Å². The van der Waals surface area contributed by atoms with Crippen molar-refractivity contribution in [2.24, 2.45) is 23.2 Å². The van der Waals surface area contributed by atoms with Crippen molar-refractivity contribution in [1.29, 1.82) is 0 Å². The third-order valence-corrected chi connectivity index (χ3v) is 5.23. The number of rotatable bonds is 4. The van der Waals surface area contributed by atoms with Gasteiger partial charge in [-0.2, -0.15) is 0 Å². The molecule has 0 aliphatic heterocycles. The van der Waals surface area contributed by atoms with Gasteiger partial charge in [-0.25, -0.2) is 0 Å². The van der Waals surface area contributed by atoms with Gasteiger partial charge in [0, 0.05) is 11.5 Å². The van der Waals surface area contributed by atoms with Crippen LogP contribution in [0.3, 0.4) is 0 Å². The Morgan fingerprint density at radius 2 is 1.95 bits per heavy atom. The third kappa shape index (κ3) is 2.47. The first-order valence-electron chi connectivity index (χ1n) is 8.01. The maximum absolute atomic E-state index is 12.5. The van der Waals surface area contributed by atoms with Gasteiger partial charge in [0.15, 0.2) is 5.78 Å². The number of hydrogen-bond donors (Lipinski definition) is 0. The van der Waals surface area contributed by atoms with Gasteiger partial charge in [0.2, 0.25) is 0 Å². The normalized spacial score (nSPS) is 32.2. The number of ketones is 1. The highest BCUT2D eigenvalue weighted by atomic mass is 16.5. The fourth-order valence-electron chi connectivity index (χ4n) is 3.66. The van der Waals surface area contributed by atoms with Gasteiger partial charge in [-0.3, -0.25) is 9.59 Å². The van der Waals surface area contributed by atoms with Gasteiger partial charge in [-0.15, -0.1) is 0 Å². The molecule has 118 valence electrons. The largest absolute Gasteiger partial charge is 0.457 e. The van der Waals surface area contributed by atoms with Gasteiger partial charge in [-0.05, 0) is 37.7 Å². The van der Waals surface area contributed by atoms with Gasteiger partial charge >= 0.3 is 5.97 Å². The SMILES string of the molecule is CC(C)=CC1C(C(=O)OC2CC(=O)C(C3C=C3)=C2C)C1(C)C. The van der Waals surface area contributed by atoms with Gasteiger partial charge in [0.05, 0.1) is 12.3 Å². The zero-order valence-corrected chi connectivity index (χ0v) is 14.0. The first-order chi connectivity index (χ1) is 10.2. The minimum Gasteiger partial charge on any atom is -0.457 e. The summed E-state index contributed by atoms with van der Waals surface area (Å²) >= 11 is 0. The molecule has 0 bridgehead atoms. The van der Waals surface area contributed by atoms with E-state index >= 15 is 0 Å². The molecule has 1 saturated carbocycles. The predicted molar refractivity (Wildman–Crippen MR) is 85.0 cm³/mol. The van der Waals surface area contributed by atoms with E-state index in [0.29, 0.717) is 6.42 Å². The zero-order chi connectivity index (χ0) is 16.2. The molecule has 0 aromatic carbocycles. The molecular formula is C19H24O3. The molecule has 0 aromatic heterocycles. The molecule has 3 aliphatic rings. The summed E-state index contributed by atoms with van der Waals surface area (Å²) in [6.07, 6.45) is 6.13. The number of hydrogen-bond acceptors (Lipinski definition) is 3. The van der Waals surface area contributed by atoms with Crippen LogP contribution in [0.25, 0.3) is 0 Å². The molecule has 0 aromatic rings. The molecule has 3 rings (SSSR count). The van der Waals surface area contributed by atoms with Crippen LogP contribution in [0.1, 0.15) is 41.0 Å². The average Bonchev–Trinajstić information content (AvgIpc) is 3.26. The molecule has 0 heterocycles. The molecular weight excluding hydrogens is 276 g/mol. The van der Waals surface area contributed by atoms with Crippen molar-refractivity contribution in [3.8, 4) is 0 Å². The van der Waals surface area contributed by atoms with E-state index < -0.39 is 0 Å². The van der Waals surface area contributed by atoms with Crippen LogP contribution in [-0.4, -0.2) is 17.9 Å². The van der Waals surface area contributed by atoms with E-state index in [1.165, 1.54) is 5.57 Å². The van der Waals surface area contributed by atoms with Gasteiger partial charge in [0.1, 0.15) is 6.10 Å². The number of carbonyl (C=O) groups excluding carboxylic acids is 2. The van der Waals surface area contributed by atoms with Crippen LogP contribution in [0.4, 0.5) is 0 Å². The van der Waals surface area contributed by atoms with Gasteiger partial charge in [-0.1, -0.05) is 37.6 Å². The van der Waals surface area contributed by atoms with Crippen LogP contribution in [0.2, 0.25) is 0 Å². The Balaban J connectivity index is 1.69. The van der Waals surface area contributed by atoms with Crippen LogP contribution >= 0.6 is 0 Å². The van der Waals surface area contributed by atoms with Crippen molar-refractivity contribution in [3.63, 3.8) is 0 Å². The van der Waals surface area contributed by atoms with Gasteiger partial charge in [0.25, 0.3) is 0 Å². The van der Waals surface area contributed by atoms with E-state index in [2.05, 4.69) is 19.9 Å². The fraction of sp³-hybridized carbons (Fsp3) is 0.579. The van der Waals surface area contributed by atoms with Crippen molar-refractivity contribution in [3.05, 3.63) is 34.9 Å². The third-order valence-electron chi connectivity index (χ3n) is 5.23. The molecule has 1 fully saturated rings. The second-order valence-corrected chi connectivity index (χ2v) is 7.63. The zero-order valence-electron chi connectivity index (χ0n) is 14.0. The first kappa shape index (κ1) is 15.3. The van der Waals surface area contributed by atoms with E-state index in [0.717, 1.165) is 11.1 Å². The summed E-state index contributed by atoms with van der Waals surface area (Å²) in [4.78, 5) is 24.6. The number of Topliss-reactive ketones (excluding diaryl/α,β-unsaturated/α-hetero) is 1. The molecule has 3 aliphatic carbocycles. The molecule has 0 N–H and O–H groups in total. The lowest BCUT2D eigenvalue weighted by Crippen LogP contribution is -2.20. The van der Waals surface area contributed by atoms with E-state index in [-0.39, 0.29) is 41.0 Å². The van der Waals surface area contributed by atoms with Crippen molar-refractivity contribution in [2.75, 3.05) is 0 Å². The van der Waals surface area contributed by atoms with Crippen molar-refractivity contribution < 1.29 is 14.3 Å². The summed E-state index contributed by atoms with van der Waals surface area (Å²) < 4.78 is 5.70. The summed E-state index contributed by atoms with van der Waals surface area (Å²) in [5.41, 5.74) is 2.96. The lowest BCUT2D eigenvalue weighted by molar-refractivity contribution is -0.150. The predicted octanol–water partition coefficient (Wildman–Crippen LogP) is 3.61. The van der Waals surface area contributed by atoms with E-state index in [9.17, 15) is 9.59 Å². The maximum atomic E-state index is 12.5. The Morgan fingerprint density at radius 1 is 1.32 bits per heavy atom. The minimum absolute atomic E-state index is 0.0462. The van der Waals surface area contributed by atoms with Crippen LogP contribution in [0, 0.1) is 23.2 Å². The maximum Gasteiger partial charge on any atom is 0.310 e. The van der Waals surface area contributed by atoms with Crippen molar-refractivity contribution in [2.45, 2.75) is 47.1 Å². The Hall–Kier alpha value is -1.64. The molecule has 3 atom stereocenters. The highest BCUT2D eigenvalue weighted by molar-refractivity contribution is 6.01. The lowest BCUT2D eigenvalue weighted by atomic mass is 10.1. The average molecular weight is 300 g/mol. The van der Waals surface area contributed by atoms with Crippen LogP contribution in [0.5, 0.6) is 0 Å². The number of esters is 1. The summed E-state index contributed by atoms with van der Waals surface area (Å²) in [5, 5.41) is 0. The fourth-order valence-corrected chi connectivity index (χ4v) is 3.66. The molecule has 0 radical (unpaired) electrons. The first-order valence-corrected chi connectivity index (χ1v) is 8.01. The Labute approximate surface area is 132 Å². The number of carbonyl (C=O) groups is 2. The monoisotopic (exact) mass is 300 g/mol. The van der Waals surface area contributed by atoms with E-state index in [4.69, 9.17) is 4.74 Å². The molecule has 0 amide bonds. The standard InChI is InChI=1S/C19H24O3/c1-10(2)8-13-17(19(13,4)5)18(21)22-15-9-14(20)16(11(15)3)12-6-7-12/h6-8,12-13,15,17H,9H2,1-5H3. The summed E-state index contributed by atoms with van der Waals surface area (Å²) in [6.45, 7) is 10.2. The lowest BCUT2D eigenvalue weighted by Gasteiger charge is -2.14. The molecule has 0 saturated heterocycles. The Bertz CT molecular complexity index is 623. The topological polar surface area (TPSA) is 43.4 Å². The van der Waals surface area contributed by atoms with Crippen molar-refractivity contribution >= 4 is 11.8 Å². The second-order valence-electron chi connectivity index (χ2n) is 7.63.